The molecule has 0 spiro atoms. The number of rotatable bonds is 6. The van der Waals surface area contributed by atoms with E-state index in [9.17, 15) is 4.79 Å². The molecular weight excluding hydrogens is 364 g/mol. The molecule has 27 heavy (non-hydrogen) atoms. The fraction of sp³-hybridized carbons (Fsp3) is 0.0952. The van der Waals surface area contributed by atoms with Crippen molar-refractivity contribution in [3.05, 3.63) is 77.3 Å². The monoisotopic (exact) mass is 382 g/mol. The lowest BCUT2D eigenvalue weighted by atomic mass is 10.2. The first-order valence-electron chi connectivity index (χ1n) is 8.25. The van der Waals surface area contributed by atoms with Gasteiger partial charge < -0.3 is 20.1 Å². The van der Waals surface area contributed by atoms with E-state index in [4.69, 9.17) is 21.1 Å². The van der Waals surface area contributed by atoms with Crippen molar-refractivity contribution in [1.82, 2.24) is 0 Å². The maximum Gasteiger partial charge on any atom is 0.255 e. The molecule has 0 radical (unpaired) electrons. The first kappa shape index (κ1) is 18.6. The first-order valence-corrected chi connectivity index (χ1v) is 8.63. The van der Waals surface area contributed by atoms with Crippen LogP contribution < -0.4 is 20.1 Å². The number of methoxy groups -OCH3 is 2. The highest BCUT2D eigenvalue weighted by Crippen LogP contribution is 2.31. The minimum Gasteiger partial charge on any atom is -0.493 e. The van der Waals surface area contributed by atoms with Crippen LogP contribution in [-0.4, -0.2) is 20.1 Å². The molecule has 138 valence electrons. The molecule has 0 atom stereocenters. The summed E-state index contributed by atoms with van der Waals surface area (Å²) in [5.74, 6) is 1.10. The topological polar surface area (TPSA) is 59.6 Å². The smallest absolute Gasteiger partial charge is 0.255 e. The number of hydrogen-bond donors (Lipinski definition) is 2. The van der Waals surface area contributed by atoms with Crippen LogP contribution in [0.1, 0.15) is 10.4 Å². The molecule has 0 saturated heterocycles. The molecule has 0 aromatic heterocycles. The van der Waals surface area contributed by atoms with Crippen LogP contribution >= 0.6 is 11.6 Å². The largest absolute Gasteiger partial charge is 0.493 e. The van der Waals surface area contributed by atoms with Gasteiger partial charge in [0.05, 0.1) is 14.2 Å². The van der Waals surface area contributed by atoms with Crippen LogP contribution in [0.25, 0.3) is 0 Å². The van der Waals surface area contributed by atoms with E-state index in [2.05, 4.69) is 10.6 Å². The van der Waals surface area contributed by atoms with E-state index in [0.29, 0.717) is 27.8 Å². The fourth-order valence-corrected chi connectivity index (χ4v) is 2.74. The van der Waals surface area contributed by atoms with Gasteiger partial charge in [-0.15, -0.1) is 0 Å². The highest BCUT2D eigenvalue weighted by Gasteiger charge is 2.07. The minimum atomic E-state index is -0.210. The van der Waals surface area contributed by atoms with E-state index in [1.165, 1.54) is 0 Å². The molecule has 0 aliphatic rings. The maximum atomic E-state index is 12.3. The predicted molar refractivity (Wildman–Crippen MR) is 109 cm³/mol. The van der Waals surface area contributed by atoms with E-state index in [0.717, 1.165) is 11.4 Å². The van der Waals surface area contributed by atoms with Gasteiger partial charge in [0, 0.05) is 33.7 Å². The molecule has 0 unspecified atom stereocenters. The van der Waals surface area contributed by atoms with Crippen molar-refractivity contribution >= 4 is 34.6 Å². The number of halogens is 1. The highest BCUT2D eigenvalue weighted by molar-refractivity contribution is 6.31. The highest BCUT2D eigenvalue weighted by atomic mass is 35.5. The quantitative estimate of drug-likeness (QED) is 0.603. The van der Waals surface area contributed by atoms with Gasteiger partial charge in [0.25, 0.3) is 5.91 Å². The van der Waals surface area contributed by atoms with Gasteiger partial charge in [0.15, 0.2) is 11.5 Å². The summed E-state index contributed by atoms with van der Waals surface area (Å²) in [6.45, 7) is 0. The lowest BCUT2D eigenvalue weighted by Crippen LogP contribution is -2.11. The van der Waals surface area contributed by atoms with Crippen LogP contribution in [0.5, 0.6) is 11.5 Å². The summed E-state index contributed by atoms with van der Waals surface area (Å²) in [6, 6.07) is 19.8. The average Bonchev–Trinajstić information content (AvgIpc) is 2.69. The summed E-state index contributed by atoms with van der Waals surface area (Å²) in [5.41, 5.74) is 2.94. The van der Waals surface area contributed by atoms with Crippen LogP contribution in [0.2, 0.25) is 5.02 Å². The van der Waals surface area contributed by atoms with Gasteiger partial charge in [0.1, 0.15) is 0 Å². The van der Waals surface area contributed by atoms with Gasteiger partial charge in [0.2, 0.25) is 0 Å². The number of carbonyl (C=O) groups excluding carboxylic acids is 1. The summed E-state index contributed by atoms with van der Waals surface area (Å²) in [4.78, 5) is 12.3. The van der Waals surface area contributed by atoms with Crippen LogP contribution in [0.15, 0.2) is 66.7 Å². The van der Waals surface area contributed by atoms with Gasteiger partial charge in [-0.2, -0.15) is 0 Å². The summed E-state index contributed by atoms with van der Waals surface area (Å²) in [7, 11) is 3.19. The second-order valence-electron chi connectivity index (χ2n) is 5.74. The van der Waals surface area contributed by atoms with Gasteiger partial charge >= 0.3 is 0 Å². The molecule has 0 heterocycles. The van der Waals surface area contributed by atoms with E-state index < -0.39 is 0 Å². The summed E-state index contributed by atoms with van der Waals surface area (Å²) in [5, 5.41) is 6.66. The normalized spacial score (nSPS) is 10.2. The SMILES string of the molecule is COc1ccc(Nc2ccc(NC(=O)c3cccc(Cl)c3)cc2)cc1OC. The summed E-state index contributed by atoms with van der Waals surface area (Å²) >= 11 is 5.93. The Labute approximate surface area is 162 Å². The van der Waals surface area contributed by atoms with Crippen molar-refractivity contribution in [2.24, 2.45) is 0 Å². The molecule has 3 rings (SSSR count). The first-order chi connectivity index (χ1) is 13.1. The summed E-state index contributed by atoms with van der Waals surface area (Å²) in [6.07, 6.45) is 0. The third-order valence-corrected chi connectivity index (χ3v) is 4.14. The number of amides is 1. The Morgan fingerprint density at radius 3 is 2.15 bits per heavy atom. The Hall–Kier alpha value is -3.18. The molecule has 5 nitrogen and oxygen atoms in total. The molecule has 6 heteroatoms. The molecule has 1 amide bonds. The van der Waals surface area contributed by atoms with Crippen LogP contribution in [0.3, 0.4) is 0 Å². The lowest BCUT2D eigenvalue weighted by Gasteiger charge is -2.12. The third kappa shape index (κ3) is 4.71. The molecule has 0 fully saturated rings. The fourth-order valence-electron chi connectivity index (χ4n) is 2.55. The average molecular weight is 383 g/mol. The van der Waals surface area contributed by atoms with Gasteiger partial charge in [-0.25, -0.2) is 0 Å². The molecule has 3 aromatic rings. The maximum absolute atomic E-state index is 12.3. The van der Waals surface area contributed by atoms with Crippen LogP contribution in [-0.2, 0) is 0 Å². The van der Waals surface area contributed by atoms with Gasteiger partial charge in [-0.05, 0) is 54.6 Å². The van der Waals surface area contributed by atoms with Gasteiger partial charge in [-0.1, -0.05) is 17.7 Å². The molecule has 0 saturated carbocycles. The van der Waals surface area contributed by atoms with Crippen molar-refractivity contribution in [3.8, 4) is 11.5 Å². The van der Waals surface area contributed by atoms with Crippen molar-refractivity contribution in [3.63, 3.8) is 0 Å². The second kappa shape index (κ2) is 8.47. The van der Waals surface area contributed by atoms with Crippen molar-refractivity contribution in [2.75, 3.05) is 24.9 Å². The Morgan fingerprint density at radius 1 is 0.815 bits per heavy atom. The Kier molecular flexibility index (Phi) is 5.84. The van der Waals surface area contributed by atoms with E-state index in [1.807, 2.05) is 42.5 Å². The van der Waals surface area contributed by atoms with Gasteiger partial charge in [-0.3, -0.25) is 4.79 Å². The molecule has 0 aliphatic carbocycles. The van der Waals surface area contributed by atoms with E-state index in [-0.39, 0.29) is 5.91 Å². The predicted octanol–water partition coefficient (Wildman–Crippen LogP) is 5.35. The Morgan fingerprint density at radius 2 is 1.48 bits per heavy atom. The molecular formula is C21H19ClN2O3. The van der Waals surface area contributed by atoms with Crippen molar-refractivity contribution in [2.45, 2.75) is 0 Å². The Balaban J connectivity index is 1.67. The van der Waals surface area contributed by atoms with Crippen LogP contribution in [0.4, 0.5) is 17.1 Å². The van der Waals surface area contributed by atoms with Crippen molar-refractivity contribution in [1.29, 1.82) is 0 Å². The lowest BCUT2D eigenvalue weighted by molar-refractivity contribution is 0.102. The number of hydrogen-bond acceptors (Lipinski definition) is 4. The minimum absolute atomic E-state index is 0.210. The van der Waals surface area contributed by atoms with Crippen LogP contribution in [0, 0.1) is 0 Å². The third-order valence-electron chi connectivity index (χ3n) is 3.90. The zero-order valence-corrected chi connectivity index (χ0v) is 15.7. The van der Waals surface area contributed by atoms with E-state index in [1.54, 1.807) is 38.5 Å². The number of benzene rings is 3. The Bertz CT molecular complexity index is 942. The number of anilines is 3. The zero-order chi connectivity index (χ0) is 19.2. The molecule has 0 bridgehead atoms. The van der Waals surface area contributed by atoms with Crippen molar-refractivity contribution < 1.29 is 14.3 Å². The van der Waals surface area contributed by atoms with E-state index >= 15 is 0 Å². The molecule has 2 N–H and O–H groups in total. The number of ether oxygens (including phenoxy) is 2. The second-order valence-corrected chi connectivity index (χ2v) is 6.17. The summed E-state index contributed by atoms with van der Waals surface area (Å²) < 4.78 is 10.5. The molecule has 3 aromatic carbocycles. The zero-order valence-electron chi connectivity index (χ0n) is 15.0. The molecule has 0 aliphatic heterocycles. The number of carbonyl (C=O) groups is 1. The number of nitrogens with one attached hydrogen (secondary N) is 2. The standard InChI is InChI=1S/C21H19ClN2O3/c1-26-19-11-10-18(13-20(19)27-2)23-16-6-8-17(9-7-16)24-21(25)14-4-3-5-15(22)12-14/h3-13,23H,1-2H3,(H,24,25).